The van der Waals surface area contributed by atoms with E-state index in [4.69, 9.17) is 14.8 Å². The van der Waals surface area contributed by atoms with Crippen LogP contribution in [-0.2, 0) is 44.0 Å². The van der Waals surface area contributed by atoms with Gasteiger partial charge in [-0.15, -0.1) is 0 Å². The van der Waals surface area contributed by atoms with Crippen LogP contribution in [0.5, 0.6) is 0 Å². The predicted molar refractivity (Wildman–Crippen MR) is 309 cm³/mol. The van der Waals surface area contributed by atoms with Crippen LogP contribution in [0, 0.1) is 17.8 Å². The number of alkyl halides is 1. The molecule has 2 unspecified atom stereocenters. The smallest absolute Gasteiger partial charge is 0.355 e. The molecule has 3 amide bonds. The summed E-state index contributed by atoms with van der Waals surface area (Å²) in [6.07, 6.45) is 13.7. The van der Waals surface area contributed by atoms with E-state index in [1.54, 1.807) is 6.20 Å². The summed E-state index contributed by atoms with van der Waals surface area (Å²) in [6.45, 7) is 10.8. The number of pyridine rings is 1. The molecule has 2 bridgehead atoms. The number of carboxylic acids is 1. The van der Waals surface area contributed by atoms with E-state index in [0.29, 0.717) is 104 Å². The number of aromatic carboxylic acids is 1. The number of carbonyl (C=O) groups is 4. The largest absolute Gasteiger partial charge is 0.476 e. The molecule has 21 heteroatoms. The third-order valence-electron chi connectivity index (χ3n) is 15.7. The van der Waals surface area contributed by atoms with E-state index in [2.05, 4.69) is 34.8 Å². The lowest BCUT2D eigenvalue weighted by Gasteiger charge is -2.57. The third kappa shape index (κ3) is 15.6. The van der Waals surface area contributed by atoms with Gasteiger partial charge in [0.25, 0.3) is 16.0 Å². The number of amides is 3. The molecule has 2 saturated carbocycles. The Morgan fingerprint density at radius 1 is 0.870 bits per heavy atom. The molecule has 0 radical (unpaired) electrons. The van der Waals surface area contributed by atoms with Gasteiger partial charge in [-0.05, 0) is 136 Å². The highest BCUT2D eigenvalue weighted by atomic mass is 127. The van der Waals surface area contributed by atoms with Gasteiger partial charge in [-0.1, -0.05) is 84.9 Å². The summed E-state index contributed by atoms with van der Waals surface area (Å²) in [5.74, 6) is -1.33. The molecule has 5 aromatic rings. The summed E-state index contributed by atoms with van der Waals surface area (Å²) >= 11 is 3.44. The lowest BCUT2D eigenvalue weighted by atomic mass is 9.51. The molecule has 0 saturated heterocycles. The molecule has 3 aliphatic rings. The van der Waals surface area contributed by atoms with Gasteiger partial charge in [0.1, 0.15) is 5.82 Å². The van der Waals surface area contributed by atoms with Crippen LogP contribution in [-0.4, -0.2) is 128 Å². The minimum atomic E-state index is -4.20. The predicted octanol–water partition coefficient (Wildman–Crippen LogP) is 9.10. The number of anilines is 2. The molecule has 18 nitrogen and oxygen atoms in total. The fourth-order valence-corrected chi connectivity index (χ4v) is 14.1. The van der Waals surface area contributed by atoms with Gasteiger partial charge in [0.05, 0.1) is 38.8 Å². The van der Waals surface area contributed by atoms with Crippen molar-refractivity contribution in [2.75, 3.05) is 66.3 Å². The summed E-state index contributed by atoms with van der Waals surface area (Å²) in [4.78, 5) is 64.0. The number of unbranched alkanes of at least 4 members (excludes halogenated alkanes) is 2. The van der Waals surface area contributed by atoms with Gasteiger partial charge in [-0.25, -0.2) is 14.8 Å². The van der Waals surface area contributed by atoms with Crippen molar-refractivity contribution in [1.29, 1.82) is 0 Å². The third-order valence-corrected chi connectivity index (χ3v) is 18.1. The number of carboxylic acid groups (broad SMARTS) is 1. The summed E-state index contributed by atoms with van der Waals surface area (Å²) in [5, 5.41) is 24.7. The lowest BCUT2D eigenvalue weighted by molar-refractivity contribution is -0.160. The van der Waals surface area contributed by atoms with Crippen molar-refractivity contribution in [2.45, 2.75) is 129 Å². The van der Waals surface area contributed by atoms with Gasteiger partial charge in [-0.3, -0.25) is 33.8 Å². The Balaban J connectivity index is 0.893. The van der Waals surface area contributed by atoms with Crippen LogP contribution in [0.1, 0.15) is 135 Å². The molecule has 2 aromatic carbocycles. The van der Waals surface area contributed by atoms with Crippen LogP contribution >= 0.6 is 33.9 Å². The van der Waals surface area contributed by atoms with Gasteiger partial charge in [0, 0.05) is 74.6 Å². The van der Waals surface area contributed by atoms with Crippen LogP contribution < -0.4 is 20.9 Å². The second-order valence-electron chi connectivity index (χ2n) is 22.1. The fraction of sp³-hybridized carbons (Fsp3) is 0.554. The second kappa shape index (κ2) is 25.8. The first-order chi connectivity index (χ1) is 36.8. The number of halogens is 1. The quantitative estimate of drug-likeness (QED) is 0.0143. The summed E-state index contributed by atoms with van der Waals surface area (Å²) < 4.78 is 43.8. The maximum Gasteiger partial charge on any atom is 0.355 e. The standard InChI is InChI=1S/C56H74IN9O9S2/c1-39-43(41-18-19-47(62-50(41)52(70)71)65-28-20-40-13-9-14-42(44(40)35-65)51(69)63-53-61-45-15-6-7-16-46(45)76-53)34-60-66(39)27-11-23-56(37-54(2)21-10-22-55(3,36-54)38-56)75-31-29-64(30-32-77(72,73)74)26-12-25-58-48(67)17-5-4-8-24-59-49(68)33-57/h6-7,9,13-16,18-19,34H,4-5,8,10-12,17,20-33,35-38H2,1-3H3,(H,58,67)(H,59,68)(H,70,71)(H,61,63,69)(H,72,73,74). The zero-order valence-electron chi connectivity index (χ0n) is 44.6. The van der Waals surface area contributed by atoms with Crippen LogP contribution in [0.25, 0.3) is 21.3 Å². The van der Waals surface area contributed by atoms with Crippen molar-refractivity contribution in [3.8, 4) is 11.1 Å². The Labute approximate surface area is 469 Å². The SMILES string of the molecule is Cc1c(-c2ccc(N3CCc4cccc(C(=O)Nc5nc6ccccc6s5)c4C3)nc2C(=O)O)cnn1CCCC1(OCCN(CCCNC(=O)CCCCCNC(=O)CI)CCS(=O)(=O)O)CC2(C)CCCC(C)(C2)C1. The minimum Gasteiger partial charge on any atom is -0.476 e. The highest BCUT2D eigenvalue weighted by Gasteiger charge is 2.53. The Kier molecular flexibility index (Phi) is 19.5. The number of para-hydroxylation sites is 1. The van der Waals surface area contributed by atoms with Crippen LogP contribution in [0.3, 0.4) is 0 Å². The van der Waals surface area contributed by atoms with Gasteiger partial charge in [0.2, 0.25) is 11.8 Å². The lowest BCUT2D eigenvalue weighted by Crippen LogP contribution is -2.52. The van der Waals surface area contributed by atoms with E-state index < -0.39 is 27.4 Å². The molecule has 77 heavy (non-hydrogen) atoms. The van der Waals surface area contributed by atoms with E-state index in [0.717, 1.165) is 91.2 Å². The second-order valence-corrected chi connectivity index (χ2v) is 25.4. The molecular formula is C56H74IN9O9S2. The molecule has 3 aromatic heterocycles. The number of thiazole rings is 1. The Morgan fingerprint density at radius 2 is 1.64 bits per heavy atom. The molecule has 2 fully saturated rings. The van der Waals surface area contributed by atoms with Crippen molar-refractivity contribution in [2.24, 2.45) is 10.8 Å². The molecule has 416 valence electrons. The van der Waals surface area contributed by atoms with Crippen molar-refractivity contribution < 1.29 is 42.0 Å². The van der Waals surface area contributed by atoms with Crippen LogP contribution in [0.2, 0.25) is 0 Å². The zero-order chi connectivity index (χ0) is 54.8. The minimum absolute atomic E-state index is 0.00954. The van der Waals surface area contributed by atoms with E-state index >= 15 is 0 Å². The molecule has 1 aliphatic heterocycles. The zero-order valence-corrected chi connectivity index (χ0v) is 48.4. The van der Waals surface area contributed by atoms with E-state index in [1.807, 2.05) is 98.6 Å². The first-order valence-corrected chi connectivity index (χ1v) is 31.0. The number of hydrogen-bond acceptors (Lipinski definition) is 13. The first kappa shape index (κ1) is 58.1. The molecule has 4 heterocycles. The number of aryl methyl sites for hydroxylation is 1. The van der Waals surface area contributed by atoms with Gasteiger partial charge in [-0.2, -0.15) is 13.5 Å². The number of ether oxygens (including phenoxy) is 1. The van der Waals surface area contributed by atoms with Crippen molar-refractivity contribution in [3.63, 3.8) is 0 Å². The first-order valence-electron chi connectivity index (χ1n) is 27.0. The fourth-order valence-electron chi connectivity index (χ4n) is 12.4. The summed E-state index contributed by atoms with van der Waals surface area (Å²) in [5.41, 5.74) is 5.01. The number of hydrogen-bond donors (Lipinski definition) is 5. The van der Waals surface area contributed by atoms with Gasteiger partial charge >= 0.3 is 5.97 Å². The average Bonchev–Trinajstić information content (AvgIpc) is 3.97. The van der Waals surface area contributed by atoms with E-state index in [-0.39, 0.29) is 40.8 Å². The van der Waals surface area contributed by atoms with Gasteiger partial charge in [0.15, 0.2) is 10.8 Å². The Morgan fingerprint density at radius 3 is 2.39 bits per heavy atom. The number of fused-ring (bicyclic) bond motifs is 4. The molecule has 2 atom stereocenters. The molecule has 0 spiro atoms. The average molecular weight is 1210 g/mol. The summed E-state index contributed by atoms with van der Waals surface area (Å²) in [6, 6.07) is 17.1. The number of nitrogens with zero attached hydrogens (tertiary/aromatic N) is 6. The molecule has 2 aliphatic carbocycles. The molecule has 5 N–H and O–H groups in total. The normalized spacial score (nSPS) is 20.3. The van der Waals surface area contributed by atoms with E-state index in [9.17, 15) is 37.3 Å². The van der Waals surface area contributed by atoms with Gasteiger partial charge < -0.3 is 25.4 Å². The molecule has 8 rings (SSSR count). The van der Waals surface area contributed by atoms with Crippen LogP contribution in [0.4, 0.5) is 10.9 Å². The Bertz CT molecular complexity index is 2970. The number of benzene rings is 2. The van der Waals surface area contributed by atoms with E-state index in [1.165, 1.54) is 17.8 Å². The van der Waals surface area contributed by atoms with Crippen molar-refractivity contribution in [1.82, 2.24) is 35.3 Å². The van der Waals surface area contributed by atoms with Crippen LogP contribution in [0.15, 0.2) is 60.8 Å². The topological polar surface area (TPSA) is 238 Å². The monoisotopic (exact) mass is 1210 g/mol. The maximum absolute atomic E-state index is 13.7. The number of aromatic nitrogens is 4. The van der Waals surface area contributed by atoms with Crippen molar-refractivity contribution in [3.05, 3.63) is 88.9 Å². The Hall–Kier alpha value is -5.07. The van der Waals surface area contributed by atoms with Crippen molar-refractivity contribution >= 4 is 88.9 Å². The molecular weight excluding hydrogens is 1130 g/mol. The maximum atomic E-state index is 13.7. The number of nitrogens with one attached hydrogen (secondary N) is 3. The number of rotatable bonds is 27. The number of carbonyl (C=O) groups excluding carboxylic acids is 3. The highest BCUT2D eigenvalue weighted by Crippen LogP contribution is 2.60. The highest BCUT2D eigenvalue weighted by molar-refractivity contribution is 14.1. The summed E-state index contributed by atoms with van der Waals surface area (Å²) in [7, 11) is -4.20.